The lowest BCUT2D eigenvalue weighted by molar-refractivity contribution is -0.330. The van der Waals surface area contributed by atoms with Crippen LogP contribution in [0.1, 0.15) is 47.0 Å². The zero-order chi connectivity index (χ0) is 16.5. The van der Waals surface area contributed by atoms with Gasteiger partial charge in [-0.25, -0.2) is 0 Å². The van der Waals surface area contributed by atoms with Gasteiger partial charge in [-0.3, -0.25) is 19.2 Å². The Hall–Kier alpha value is -2.12. The van der Waals surface area contributed by atoms with Crippen molar-refractivity contribution in [2.75, 3.05) is 6.61 Å². The second kappa shape index (κ2) is 8.93. The predicted molar refractivity (Wildman–Crippen MR) is 68.5 cm³/mol. The van der Waals surface area contributed by atoms with E-state index >= 15 is 0 Å². The molecule has 0 heterocycles. The van der Waals surface area contributed by atoms with Gasteiger partial charge < -0.3 is 18.9 Å². The van der Waals surface area contributed by atoms with Gasteiger partial charge in [-0.1, -0.05) is 0 Å². The minimum Gasteiger partial charge on any atom is -0.466 e. The van der Waals surface area contributed by atoms with Crippen molar-refractivity contribution in [1.29, 1.82) is 0 Å². The largest absolute Gasteiger partial charge is 0.466 e. The predicted octanol–water partition coefficient (Wildman–Crippen LogP) is 1.06. The summed E-state index contributed by atoms with van der Waals surface area (Å²) in [5.74, 6) is -4.80. The van der Waals surface area contributed by atoms with Gasteiger partial charge in [0.2, 0.25) is 0 Å². The number of hydrogen-bond donors (Lipinski definition) is 0. The van der Waals surface area contributed by atoms with Crippen LogP contribution in [0.5, 0.6) is 0 Å². The van der Waals surface area contributed by atoms with E-state index in [2.05, 4.69) is 0 Å². The van der Waals surface area contributed by atoms with Gasteiger partial charge in [-0.15, -0.1) is 0 Å². The number of esters is 4. The Bertz CT molecular complexity index is 360. The Balaban J connectivity index is 4.72. The molecule has 0 fully saturated rings. The van der Waals surface area contributed by atoms with Crippen LogP contribution in [-0.4, -0.2) is 36.5 Å². The van der Waals surface area contributed by atoms with Crippen LogP contribution in [0.3, 0.4) is 0 Å². The first kappa shape index (κ1) is 18.9. The van der Waals surface area contributed by atoms with Crippen LogP contribution in [0.15, 0.2) is 0 Å². The fraction of sp³-hybridized carbons (Fsp3) is 0.692. The average molecular weight is 304 g/mol. The van der Waals surface area contributed by atoms with Crippen LogP contribution in [0.2, 0.25) is 0 Å². The molecule has 0 unspecified atom stereocenters. The molecule has 0 aromatic heterocycles. The molecule has 0 aromatic carbocycles. The first-order valence-electron chi connectivity index (χ1n) is 6.39. The molecule has 0 aliphatic rings. The van der Waals surface area contributed by atoms with Crippen LogP contribution < -0.4 is 0 Å². The fourth-order valence-corrected chi connectivity index (χ4v) is 1.53. The number of ether oxygens (including phenoxy) is 4. The summed E-state index contributed by atoms with van der Waals surface area (Å²) >= 11 is 0. The molecule has 0 spiro atoms. The molecule has 21 heavy (non-hydrogen) atoms. The highest BCUT2D eigenvalue weighted by Gasteiger charge is 2.41. The van der Waals surface area contributed by atoms with Crippen molar-refractivity contribution >= 4 is 23.9 Å². The second-order valence-electron chi connectivity index (χ2n) is 4.26. The number of carbonyl (C=O) groups is 4. The van der Waals surface area contributed by atoms with E-state index in [0.29, 0.717) is 12.8 Å². The second-order valence-corrected chi connectivity index (χ2v) is 4.26. The normalized spacial score (nSPS) is 10.5. The maximum atomic E-state index is 11.1. The molecule has 0 radical (unpaired) electrons. The van der Waals surface area contributed by atoms with Gasteiger partial charge in [-0.2, -0.15) is 0 Å². The van der Waals surface area contributed by atoms with Gasteiger partial charge in [0.05, 0.1) is 13.0 Å². The molecule has 0 saturated heterocycles. The highest BCUT2D eigenvalue weighted by atomic mass is 16.9. The number of rotatable bonds is 8. The third-order valence-corrected chi connectivity index (χ3v) is 2.08. The lowest BCUT2D eigenvalue weighted by atomic mass is 10.2. The van der Waals surface area contributed by atoms with Crippen LogP contribution in [0.25, 0.3) is 0 Å². The van der Waals surface area contributed by atoms with Crippen molar-refractivity contribution in [3.05, 3.63) is 0 Å². The minimum absolute atomic E-state index is 0.0625. The van der Waals surface area contributed by atoms with E-state index in [1.165, 1.54) is 6.92 Å². The molecule has 0 N–H and O–H groups in total. The summed E-state index contributed by atoms with van der Waals surface area (Å²) in [5.41, 5.74) is 0. The summed E-state index contributed by atoms with van der Waals surface area (Å²) in [6.07, 6.45) is 0.694. The average Bonchev–Trinajstić information content (AvgIpc) is 2.24. The maximum absolute atomic E-state index is 11.1. The molecule has 0 atom stereocenters. The number of carbonyl (C=O) groups excluding carboxylic acids is 4. The van der Waals surface area contributed by atoms with E-state index in [4.69, 9.17) is 18.9 Å². The molecule has 0 rings (SSSR count). The molecule has 8 nitrogen and oxygen atoms in total. The van der Waals surface area contributed by atoms with Crippen LogP contribution >= 0.6 is 0 Å². The summed E-state index contributed by atoms with van der Waals surface area (Å²) in [4.78, 5) is 44.0. The summed E-state index contributed by atoms with van der Waals surface area (Å²) < 4.78 is 19.3. The Labute approximate surface area is 122 Å². The molecule has 0 bridgehead atoms. The van der Waals surface area contributed by atoms with Crippen LogP contribution in [0, 0.1) is 0 Å². The molecule has 0 aliphatic heterocycles. The summed E-state index contributed by atoms with van der Waals surface area (Å²) in [6, 6.07) is 0. The molecule has 8 heteroatoms. The SMILES string of the molecule is CC(=O)OCCCCC(OC(C)=O)(OC(C)=O)OC(C)=O. The topological polar surface area (TPSA) is 105 Å². The monoisotopic (exact) mass is 304 g/mol. The summed E-state index contributed by atoms with van der Waals surface area (Å²) in [7, 11) is 0. The van der Waals surface area contributed by atoms with Gasteiger partial charge in [0, 0.05) is 27.7 Å². The van der Waals surface area contributed by atoms with E-state index in [-0.39, 0.29) is 13.0 Å². The summed E-state index contributed by atoms with van der Waals surface area (Å²) in [5, 5.41) is 0. The fourth-order valence-electron chi connectivity index (χ4n) is 1.53. The van der Waals surface area contributed by atoms with E-state index in [9.17, 15) is 19.2 Å². The van der Waals surface area contributed by atoms with E-state index in [1.807, 2.05) is 0 Å². The van der Waals surface area contributed by atoms with E-state index < -0.39 is 29.9 Å². The molecule has 0 amide bonds. The standard InChI is InChI=1S/C13H20O8/c1-9(14)18-8-6-5-7-13(19-10(2)15,20-11(3)16)21-12(4)17/h5-8H2,1-4H3. The first-order valence-corrected chi connectivity index (χ1v) is 6.39. The lowest BCUT2D eigenvalue weighted by Gasteiger charge is -2.30. The third kappa shape index (κ3) is 9.42. The number of hydrogen-bond acceptors (Lipinski definition) is 8. The smallest absolute Gasteiger partial charge is 0.423 e. The van der Waals surface area contributed by atoms with Gasteiger partial charge in [0.15, 0.2) is 0 Å². The Morgan fingerprint density at radius 2 is 1.14 bits per heavy atom. The van der Waals surface area contributed by atoms with Gasteiger partial charge in [-0.05, 0) is 12.8 Å². The van der Waals surface area contributed by atoms with Crippen molar-refractivity contribution < 1.29 is 38.1 Å². The van der Waals surface area contributed by atoms with Gasteiger partial charge in [0.25, 0.3) is 0 Å². The summed E-state index contributed by atoms with van der Waals surface area (Å²) in [6.45, 7) is 4.73. The number of unbranched alkanes of at least 4 members (excludes halogenated alkanes) is 1. The highest BCUT2D eigenvalue weighted by Crippen LogP contribution is 2.24. The maximum Gasteiger partial charge on any atom is 0.423 e. The Morgan fingerprint density at radius 1 is 0.714 bits per heavy atom. The van der Waals surface area contributed by atoms with Crippen molar-refractivity contribution in [2.24, 2.45) is 0 Å². The molecular weight excluding hydrogens is 284 g/mol. The molecule has 0 saturated carbocycles. The van der Waals surface area contributed by atoms with Crippen LogP contribution in [0.4, 0.5) is 0 Å². The van der Waals surface area contributed by atoms with Gasteiger partial charge in [0.1, 0.15) is 0 Å². The molecule has 120 valence electrons. The van der Waals surface area contributed by atoms with Crippen molar-refractivity contribution in [3.63, 3.8) is 0 Å². The van der Waals surface area contributed by atoms with Crippen molar-refractivity contribution in [2.45, 2.75) is 52.9 Å². The van der Waals surface area contributed by atoms with E-state index in [1.54, 1.807) is 0 Å². The lowest BCUT2D eigenvalue weighted by Crippen LogP contribution is -2.43. The van der Waals surface area contributed by atoms with E-state index in [0.717, 1.165) is 20.8 Å². The highest BCUT2D eigenvalue weighted by molar-refractivity contribution is 5.70. The van der Waals surface area contributed by atoms with Crippen LogP contribution in [-0.2, 0) is 38.1 Å². The van der Waals surface area contributed by atoms with Crippen molar-refractivity contribution in [3.8, 4) is 0 Å². The van der Waals surface area contributed by atoms with Gasteiger partial charge >= 0.3 is 29.9 Å². The third-order valence-electron chi connectivity index (χ3n) is 2.08. The first-order chi connectivity index (χ1) is 9.67. The quantitative estimate of drug-likeness (QED) is 0.372. The zero-order valence-corrected chi connectivity index (χ0v) is 12.6. The Kier molecular flexibility index (Phi) is 8.03. The Morgan fingerprint density at radius 3 is 1.48 bits per heavy atom. The molecule has 0 aromatic rings. The molecule has 0 aliphatic carbocycles. The van der Waals surface area contributed by atoms with Crippen molar-refractivity contribution in [1.82, 2.24) is 0 Å². The zero-order valence-electron chi connectivity index (χ0n) is 12.6. The minimum atomic E-state index is -2.08. The molecular formula is C13H20O8.